The molecule has 30 heavy (non-hydrogen) atoms. The molecule has 9 heteroatoms. The Hall–Kier alpha value is -3.88. The van der Waals surface area contributed by atoms with Gasteiger partial charge in [-0.3, -0.25) is 4.79 Å². The minimum Gasteiger partial charge on any atom is -0.482 e. The fourth-order valence-electron chi connectivity index (χ4n) is 3.28. The Morgan fingerprint density at radius 1 is 1.10 bits per heavy atom. The van der Waals surface area contributed by atoms with Gasteiger partial charge in [-0.2, -0.15) is 15.4 Å². The quantitative estimate of drug-likeness (QED) is 0.538. The van der Waals surface area contributed by atoms with E-state index in [1.54, 1.807) is 25.1 Å². The number of aromatic nitrogens is 3. The van der Waals surface area contributed by atoms with E-state index in [2.05, 4.69) is 26.0 Å². The summed E-state index contributed by atoms with van der Waals surface area (Å²) in [6, 6.07) is 12.7. The van der Waals surface area contributed by atoms with Crippen LogP contribution in [0.15, 0.2) is 42.5 Å². The van der Waals surface area contributed by atoms with E-state index in [0.717, 1.165) is 16.8 Å². The second-order valence-corrected chi connectivity index (χ2v) is 6.72. The van der Waals surface area contributed by atoms with Gasteiger partial charge in [-0.25, -0.2) is 4.79 Å². The average Bonchev–Trinajstić information content (AvgIpc) is 3.23. The molecule has 1 aromatic heterocycles. The molecule has 0 radical (unpaired) electrons. The highest BCUT2D eigenvalue weighted by Gasteiger charge is 2.29. The Kier molecular flexibility index (Phi) is 5.34. The van der Waals surface area contributed by atoms with E-state index in [4.69, 9.17) is 9.47 Å². The van der Waals surface area contributed by atoms with Gasteiger partial charge in [-0.15, -0.1) is 0 Å². The van der Waals surface area contributed by atoms with E-state index >= 15 is 0 Å². The minimum atomic E-state index is -0.528. The number of H-pyrrole nitrogens is 1. The van der Waals surface area contributed by atoms with E-state index < -0.39 is 12.1 Å². The van der Waals surface area contributed by atoms with Gasteiger partial charge in [0.1, 0.15) is 23.3 Å². The molecule has 1 aliphatic heterocycles. The lowest BCUT2D eigenvalue weighted by Gasteiger charge is -2.28. The number of rotatable bonds is 6. The van der Waals surface area contributed by atoms with Gasteiger partial charge in [0.25, 0.3) is 5.91 Å². The number of amides is 1. The Balaban J connectivity index is 1.53. The number of esters is 1. The second kappa shape index (κ2) is 8.24. The molecule has 0 saturated heterocycles. The lowest BCUT2D eigenvalue weighted by molar-refractivity contribution is -0.145. The SMILES string of the molecule is CCOC(=O)COc1ccc(-c2n[nH]nc2C2NC(=O)c3cccc(C)c3N2)cc1. The Labute approximate surface area is 172 Å². The summed E-state index contributed by atoms with van der Waals surface area (Å²) in [5, 5.41) is 17.4. The number of carbonyl (C=O) groups excluding carboxylic acids is 2. The normalized spacial score (nSPS) is 15.0. The number of hydrogen-bond donors (Lipinski definition) is 3. The fourth-order valence-corrected chi connectivity index (χ4v) is 3.28. The van der Waals surface area contributed by atoms with Crippen LogP contribution in [0.25, 0.3) is 11.3 Å². The number of nitrogens with one attached hydrogen (secondary N) is 3. The van der Waals surface area contributed by atoms with Gasteiger partial charge >= 0.3 is 5.97 Å². The second-order valence-electron chi connectivity index (χ2n) is 6.72. The number of anilines is 1. The first-order valence-corrected chi connectivity index (χ1v) is 9.53. The number of ether oxygens (including phenoxy) is 2. The van der Waals surface area contributed by atoms with Crippen molar-refractivity contribution >= 4 is 17.6 Å². The van der Waals surface area contributed by atoms with Crippen molar-refractivity contribution in [3.63, 3.8) is 0 Å². The van der Waals surface area contributed by atoms with Crippen molar-refractivity contribution in [3.8, 4) is 17.0 Å². The van der Waals surface area contributed by atoms with Crippen molar-refractivity contribution in [3.05, 3.63) is 59.3 Å². The van der Waals surface area contributed by atoms with Crippen LogP contribution in [0.2, 0.25) is 0 Å². The molecule has 3 N–H and O–H groups in total. The topological polar surface area (TPSA) is 118 Å². The van der Waals surface area contributed by atoms with Crippen molar-refractivity contribution < 1.29 is 19.1 Å². The number of carbonyl (C=O) groups is 2. The molecule has 0 spiro atoms. The minimum absolute atomic E-state index is 0.154. The van der Waals surface area contributed by atoms with Crippen LogP contribution in [0.3, 0.4) is 0 Å². The van der Waals surface area contributed by atoms with E-state index in [1.165, 1.54) is 0 Å². The van der Waals surface area contributed by atoms with Gasteiger partial charge < -0.3 is 20.1 Å². The number of aryl methyl sites for hydroxylation is 1. The molecule has 0 fully saturated rings. The van der Waals surface area contributed by atoms with Gasteiger partial charge in [-0.1, -0.05) is 12.1 Å². The van der Waals surface area contributed by atoms with Crippen LogP contribution < -0.4 is 15.4 Å². The molecule has 4 rings (SSSR count). The van der Waals surface area contributed by atoms with E-state index in [-0.39, 0.29) is 12.5 Å². The Morgan fingerprint density at radius 3 is 2.67 bits per heavy atom. The zero-order valence-electron chi connectivity index (χ0n) is 16.6. The third kappa shape index (κ3) is 3.82. The smallest absolute Gasteiger partial charge is 0.344 e. The summed E-state index contributed by atoms with van der Waals surface area (Å²) in [7, 11) is 0. The van der Waals surface area contributed by atoms with Gasteiger partial charge in [0.15, 0.2) is 6.61 Å². The van der Waals surface area contributed by atoms with Crippen molar-refractivity contribution in [2.75, 3.05) is 18.5 Å². The molecule has 0 saturated carbocycles. The number of benzene rings is 2. The maximum Gasteiger partial charge on any atom is 0.344 e. The van der Waals surface area contributed by atoms with Crippen molar-refractivity contribution in [1.29, 1.82) is 0 Å². The average molecular weight is 407 g/mol. The molecule has 1 aliphatic rings. The number of aromatic amines is 1. The third-order valence-corrected chi connectivity index (χ3v) is 4.72. The first-order chi connectivity index (χ1) is 14.6. The molecule has 2 heterocycles. The first-order valence-electron chi connectivity index (χ1n) is 9.53. The lowest BCUT2D eigenvalue weighted by atomic mass is 10.0. The largest absolute Gasteiger partial charge is 0.482 e. The maximum atomic E-state index is 12.5. The summed E-state index contributed by atoms with van der Waals surface area (Å²) < 4.78 is 10.3. The predicted octanol–water partition coefficient (Wildman–Crippen LogP) is 2.58. The summed E-state index contributed by atoms with van der Waals surface area (Å²) >= 11 is 0. The van der Waals surface area contributed by atoms with E-state index in [1.807, 2.05) is 31.2 Å². The molecule has 0 aliphatic carbocycles. The van der Waals surface area contributed by atoms with Crippen LogP contribution in [0.1, 0.15) is 34.7 Å². The van der Waals surface area contributed by atoms with Gasteiger partial charge in [0, 0.05) is 5.56 Å². The molecular weight excluding hydrogens is 386 g/mol. The van der Waals surface area contributed by atoms with Gasteiger partial charge in [-0.05, 0) is 49.7 Å². The number of hydrogen-bond acceptors (Lipinski definition) is 7. The summed E-state index contributed by atoms with van der Waals surface area (Å²) in [6.45, 7) is 3.84. The molecule has 1 atom stereocenters. The molecule has 1 amide bonds. The fraction of sp³-hybridized carbons (Fsp3) is 0.238. The van der Waals surface area contributed by atoms with Crippen molar-refractivity contribution in [2.24, 2.45) is 0 Å². The standard InChI is InChI=1S/C21H21N5O4/c1-3-29-16(27)11-30-14-9-7-13(8-10-14)18-19(25-26-24-18)20-22-17-12(2)5-4-6-15(17)21(28)23-20/h4-10,20,22H,3,11H2,1-2H3,(H,23,28)(H,24,25,26). The molecule has 1 unspecified atom stereocenters. The first kappa shape index (κ1) is 19.4. The molecular formula is C21H21N5O4. The summed E-state index contributed by atoms with van der Waals surface area (Å²) in [6.07, 6.45) is -0.528. The van der Waals surface area contributed by atoms with Gasteiger partial charge in [0.05, 0.1) is 17.9 Å². The molecule has 3 aromatic rings. The molecule has 154 valence electrons. The van der Waals surface area contributed by atoms with Crippen LogP contribution in [0.5, 0.6) is 5.75 Å². The van der Waals surface area contributed by atoms with Crippen LogP contribution in [0, 0.1) is 6.92 Å². The molecule has 0 bridgehead atoms. The van der Waals surface area contributed by atoms with Crippen LogP contribution in [-0.2, 0) is 9.53 Å². The highest BCUT2D eigenvalue weighted by atomic mass is 16.6. The molecule has 9 nitrogen and oxygen atoms in total. The highest BCUT2D eigenvalue weighted by Crippen LogP contribution is 2.32. The third-order valence-electron chi connectivity index (χ3n) is 4.72. The Bertz CT molecular complexity index is 1080. The van der Waals surface area contributed by atoms with Crippen LogP contribution in [-0.4, -0.2) is 40.5 Å². The summed E-state index contributed by atoms with van der Waals surface area (Å²) in [5.41, 5.74) is 4.30. The lowest BCUT2D eigenvalue weighted by Crippen LogP contribution is -2.39. The van der Waals surface area contributed by atoms with E-state index in [0.29, 0.717) is 29.3 Å². The zero-order chi connectivity index (χ0) is 21.1. The van der Waals surface area contributed by atoms with E-state index in [9.17, 15) is 9.59 Å². The maximum absolute atomic E-state index is 12.5. The highest BCUT2D eigenvalue weighted by molar-refractivity contribution is 6.02. The Morgan fingerprint density at radius 2 is 1.90 bits per heavy atom. The summed E-state index contributed by atoms with van der Waals surface area (Å²) in [5.74, 6) is -0.0605. The number of para-hydroxylation sites is 1. The van der Waals surface area contributed by atoms with Crippen LogP contribution in [0.4, 0.5) is 5.69 Å². The number of nitrogens with zero attached hydrogens (tertiary/aromatic N) is 2. The zero-order valence-corrected chi connectivity index (χ0v) is 16.6. The molecule has 2 aromatic carbocycles. The van der Waals surface area contributed by atoms with Crippen molar-refractivity contribution in [1.82, 2.24) is 20.7 Å². The van der Waals surface area contributed by atoms with Crippen LogP contribution >= 0.6 is 0 Å². The monoisotopic (exact) mass is 407 g/mol. The van der Waals surface area contributed by atoms with Gasteiger partial charge in [0.2, 0.25) is 0 Å². The number of fused-ring (bicyclic) bond motifs is 1. The summed E-state index contributed by atoms with van der Waals surface area (Å²) in [4.78, 5) is 24.0. The van der Waals surface area contributed by atoms with Crippen molar-refractivity contribution in [2.45, 2.75) is 20.0 Å². The predicted molar refractivity (Wildman–Crippen MR) is 109 cm³/mol.